The Morgan fingerprint density at radius 3 is 2.72 bits per heavy atom. The third-order valence-corrected chi connectivity index (χ3v) is 3.75. The molecule has 0 aromatic carbocycles. The van der Waals surface area contributed by atoms with Crippen molar-refractivity contribution in [2.24, 2.45) is 5.92 Å². The van der Waals surface area contributed by atoms with E-state index in [0.29, 0.717) is 12.8 Å². The van der Waals surface area contributed by atoms with E-state index in [1.165, 1.54) is 0 Å². The minimum atomic E-state index is -0.965. The number of nitrogens with one attached hydrogen (secondary N) is 1. The fourth-order valence-electron chi connectivity index (χ4n) is 1.62. The second-order valence-electron chi connectivity index (χ2n) is 4.40. The summed E-state index contributed by atoms with van der Waals surface area (Å²) in [6.45, 7) is 3.75. The van der Waals surface area contributed by atoms with Crippen LogP contribution in [-0.4, -0.2) is 23.0 Å². The molecule has 0 radical (unpaired) electrons. The normalized spacial score (nSPS) is 13.9. The van der Waals surface area contributed by atoms with Gasteiger partial charge in [-0.25, -0.2) is 4.79 Å². The molecule has 0 fully saturated rings. The smallest absolute Gasteiger partial charge is 0.326 e. The molecule has 1 rings (SSSR count). The summed E-state index contributed by atoms with van der Waals surface area (Å²) in [4.78, 5) is 22.8. The molecule has 0 spiro atoms. The molecule has 2 N–H and O–H groups in total. The SMILES string of the molecule is CCC(C)C(NC(=O)CCc1ccsc1)C(=O)O. The summed E-state index contributed by atoms with van der Waals surface area (Å²) in [5.74, 6) is -1.23. The molecule has 0 bridgehead atoms. The van der Waals surface area contributed by atoms with E-state index in [2.05, 4.69) is 5.32 Å². The van der Waals surface area contributed by atoms with E-state index in [1.54, 1.807) is 11.3 Å². The molecule has 0 saturated heterocycles. The third kappa shape index (κ3) is 4.49. The topological polar surface area (TPSA) is 66.4 Å². The Morgan fingerprint density at radius 1 is 1.50 bits per heavy atom. The van der Waals surface area contributed by atoms with E-state index < -0.39 is 12.0 Å². The zero-order chi connectivity index (χ0) is 13.5. The van der Waals surface area contributed by atoms with Crippen molar-refractivity contribution in [3.63, 3.8) is 0 Å². The van der Waals surface area contributed by atoms with Crippen LogP contribution in [0.15, 0.2) is 16.8 Å². The Bertz CT molecular complexity index is 389. The number of aliphatic carboxylic acids is 1. The lowest BCUT2D eigenvalue weighted by Crippen LogP contribution is -2.45. The second kappa shape index (κ2) is 7.16. The predicted molar refractivity (Wildman–Crippen MR) is 71.7 cm³/mol. The van der Waals surface area contributed by atoms with Gasteiger partial charge < -0.3 is 10.4 Å². The first kappa shape index (κ1) is 14.7. The van der Waals surface area contributed by atoms with Gasteiger partial charge in [-0.3, -0.25) is 4.79 Å². The van der Waals surface area contributed by atoms with E-state index in [9.17, 15) is 9.59 Å². The van der Waals surface area contributed by atoms with Crippen LogP contribution >= 0.6 is 11.3 Å². The van der Waals surface area contributed by atoms with Crippen LogP contribution in [0, 0.1) is 5.92 Å². The van der Waals surface area contributed by atoms with Crippen LogP contribution in [0.1, 0.15) is 32.3 Å². The minimum absolute atomic E-state index is 0.0624. The van der Waals surface area contributed by atoms with Gasteiger partial charge >= 0.3 is 5.97 Å². The molecule has 1 aromatic heterocycles. The van der Waals surface area contributed by atoms with Crippen LogP contribution in [0.2, 0.25) is 0 Å². The zero-order valence-electron chi connectivity index (χ0n) is 10.7. The Labute approximate surface area is 111 Å². The molecule has 18 heavy (non-hydrogen) atoms. The summed E-state index contributed by atoms with van der Waals surface area (Å²) in [5.41, 5.74) is 1.12. The van der Waals surface area contributed by atoms with E-state index in [-0.39, 0.29) is 11.8 Å². The van der Waals surface area contributed by atoms with Gasteiger partial charge in [0, 0.05) is 6.42 Å². The number of carbonyl (C=O) groups is 2. The maximum atomic E-state index is 11.7. The van der Waals surface area contributed by atoms with Crippen molar-refractivity contribution < 1.29 is 14.7 Å². The molecule has 1 heterocycles. The first-order valence-electron chi connectivity index (χ1n) is 6.07. The van der Waals surface area contributed by atoms with Crippen LogP contribution in [0.25, 0.3) is 0 Å². The van der Waals surface area contributed by atoms with Gasteiger partial charge in [-0.05, 0) is 34.7 Å². The molecule has 0 aliphatic heterocycles. The molecule has 1 aromatic rings. The molecule has 0 saturated carbocycles. The molecule has 4 nitrogen and oxygen atoms in total. The Hall–Kier alpha value is -1.36. The highest BCUT2D eigenvalue weighted by molar-refractivity contribution is 7.07. The molecule has 2 atom stereocenters. The standard InChI is InChI=1S/C13H19NO3S/c1-3-9(2)12(13(16)17)14-11(15)5-4-10-6-7-18-8-10/h6-9,12H,3-5H2,1-2H3,(H,14,15)(H,16,17). The number of aryl methyl sites for hydroxylation is 1. The van der Waals surface area contributed by atoms with E-state index in [0.717, 1.165) is 12.0 Å². The zero-order valence-corrected chi connectivity index (χ0v) is 11.5. The van der Waals surface area contributed by atoms with Gasteiger partial charge in [0.2, 0.25) is 5.91 Å². The number of amides is 1. The van der Waals surface area contributed by atoms with Gasteiger partial charge in [-0.2, -0.15) is 11.3 Å². The maximum Gasteiger partial charge on any atom is 0.326 e. The van der Waals surface area contributed by atoms with Crippen molar-refractivity contribution in [3.8, 4) is 0 Å². The average molecular weight is 269 g/mol. The van der Waals surface area contributed by atoms with Crippen molar-refractivity contribution >= 4 is 23.2 Å². The van der Waals surface area contributed by atoms with Gasteiger partial charge in [0.05, 0.1) is 0 Å². The van der Waals surface area contributed by atoms with Crippen LogP contribution in [0.4, 0.5) is 0 Å². The highest BCUT2D eigenvalue weighted by Gasteiger charge is 2.24. The Balaban J connectivity index is 2.44. The lowest BCUT2D eigenvalue weighted by Gasteiger charge is -2.20. The molecule has 5 heteroatoms. The molecule has 100 valence electrons. The van der Waals surface area contributed by atoms with Gasteiger partial charge in [0.1, 0.15) is 6.04 Å². The number of carbonyl (C=O) groups excluding carboxylic acids is 1. The second-order valence-corrected chi connectivity index (χ2v) is 5.18. The fraction of sp³-hybridized carbons (Fsp3) is 0.538. The lowest BCUT2D eigenvalue weighted by atomic mass is 9.99. The molecule has 1 amide bonds. The lowest BCUT2D eigenvalue weighted by molar-refractivity contribution is -0.143. The van der Waals surface area contributed by atoms with E-state index >= 15 is 0 Å². The highest BCUT2D eigenvalue weighted by Crippen LogP contribution is 2.10. The van der Waals surface area contributed by atoms with Crippen molar-refractivity contribution in [3.05, 3.63) is 22.4 Å². The number of thiophene rings is 1. The summed E-state index contributed by atoms with van der Waals surface area (Å²) in [6, 6.07) is 1.19. The first-order chi connectivity index (χ1) is 8.54. The molecular formula is C13H19NO3S. The van der Waals surface area contributed by atoms with Gasteiger partial charge in [0.15, 0.2) is 0 Å². The predicted octanol–water partition coefficient (Wildman–Crippen LogP) is 2.30. The molecular weight excluding hydrogens is 250 g/mol. The van der Waals surface area contributed by atoms with Crippen LogP contribution in [0.3, 0.4) is 0 Å². The number of carboxylic acids is 1. The quantitative estimate of drug-likeness (QED) is 0.798. The minimum Gasteiger partial charge on any atom is -0.480 e. The summed E-state index contributed by atoms with van der Waals surface area (Å²) in [7, 11) is 0. The summed E-state index contributed by atoms with van der Waals surface area (Å²) >= 11 is 1.59. The van der Waals surface area contributed by atoms with E-state index in [4.69, 9.17) is 5.11 Å². The number of rotatable bonds is 7. The van der Waals surface area contributed by atoms with E-state index in [1.807, 2.05) is 30.7 Å². The third-order valence-electron chi connectivity index (χ3n) is 3.02. The summed E-state index contributed by atoms with van der Waals surface area (Å²) in [5, 5.41) is 15.6. The molecule has 0 aliphatic carbocycles. The Morgan fingerprint density at radius 2 is 2.22 bits per heavy atom. The van der Waals surface area contributed by atoms with Crippen LogP contribution in [-0.2, 0) is 16.0 Å². The summed E-state index contributed by atoms with van der Waals surface area (Å²) < 4.78 is 0. The number of hydrogen-bond acceptors (Lipinski definition) is 3. The van der Waals surface area contributed by atoms with Gasteiger partial charge in [-0.15, -0.1) is 0 Å². The van der Waals surface area contributed by atoms with Gasteiger partial charge in [0.25, 0.3) is 0 Å². The maximum absolute atomic E-state index is 11.7. The van der Waals surface area contributed by atoms with Crippen molar-refractivity contribution in [2.75, 3.05) is 0 Å². The number of carboxylic acid groups (broad SMARTS) is 1. The molecule has 2 unspecified atom stereocenters. The largest absolute Gasteiger partial charge is 0.480 e. The van der Waals surface area contributed by atoms with Crippen LogP contribution in [0.5, 0.6) is 0 Å². The number of hydrogen-bond donors (Lipinski definition) is 2. The Kier molecular flexibility index (Phi) is 5.85. The van der Waals surface area contributed by atoms with Crippen LogP contribution < -0.4 is 5.32 Å². The summed E-state index contributed by atoms with van der Waals surface area (Å²) in [6.07, 6.45) is 1.71. The van der Waals surface area contributed by atoms with Crippen molar-refractivity contribution in [1.29, 1.82) is 0 Å². The molecule has 0 aliphatic rings. The first-order valence-corrected chi connectivity index (χ1v) is 7.02. The van der Waals surface area contributed by atoms with Crippen molar-refractivity contribution in [2.45, 2.75) is 39.2 Å². The monoisotopic (exact) mass is 269 g/mol. The van der Waals surface area contributed by atoms with Gasteiger partial charge in [-0.1, -0.05) is 20.3 Å². The fourth-order valence-corrected chi connectivity index (χ4v) is 2.32. The highest BCUT2D eigenvalue weighted by atomic mass is 32.1. The van der Waals surface area contributed by atoms with Crippen molar-refractivity contribution in [1.82, 2.24) is 5.32 Å². The average Bonchev–Trinajstić information content (AvgIpc) is 2.85.